The van der Waals surface area contributed by atoms with E-state index in [0.717, 1.165) is 56.4 Å². The van der Waals surface area contributed by atoms with Crippen LogP contribution in [0.25, 0.3) is 0 Å². The van der Waals surface area contributed by atoms with Gasteiger partial charge in [-0.15, -0.1) is 12.4 Å². The van der Waals surface area contributed by atoms with Crippen LogP contribution in [0.1, 0.15) is 25.3 Å². The Morgan fingerprint density at radius 1 is 1.43 bits per heavy atom. The molecule has 0 bridgehead atoms. The molecule has 0 radical (unpaired) electrons. The minimum Gasteiger partial charge on any atom is -0.491 e. The zero-order valence-electron chi connectivity index (χ0n) is 13.6. The Morgan fingerprint density at radius 2 is 2.30 bits per heavy atom. The summed E-state index contributed by atoms with van der Waals surface area (Å²) in [7, 11) is 0. The third-order valence-electron chi connectivity index (χ3n) is 4.32. The van der Waals surface area contributed by atoms with Gasteiger partial charge in [-0.05, 0) is 38.0 Å². The highest BCUT2D eigenvalue weighted by Crippen LogP contribution is 2.26. The van der Waals surface area contributed by atoms with Gasteiger partial charge in [0.05, 0.1) is 6.10 Å². The first kappa shape index (κ1) is 18.8. The smallest absolute Gasteiger partial charge is 0.124 e. The Labute approximate surface area is 149 Å². The molecule has 4 nitrogen and oxygen atoms in total. The number of nitrogens with zero attached hydrogens (tertiary/aromatic N) is 1. The summed E-state index contributed by atoms with van der Waals surface area (Å²) < 4.78 is 11.7. The fourth-order valence-corrected chi connectivity index (χ4v) is 3.36. The molecule has 0 aromatic heterocycles. The summed E-state index contributed by atoms with van der Waals surface area (Å²) in [4.78, 5) is 2.45. The molecule has 3 rings (SSSR count). The topological polar surface area (TPSA) is 33.7 Å². The quantitative estimate of drug-likeness (QED) is 0.874. The van der Waals surface area contributed by atoms with Crippen molar-refractivity contribution >= 4 is 24.0 Å². The molecule has 2 aliphatic heterocycles. The van der Waals surface area contributed by atoms with Crippen molar-refractivity contribution in [2.24, 2.45) is 0 Å². The highest BCUT2D eigenvalue weighted by molar-refractivity contribution is 6.30. The molecular weight excluding hydrogens is 335 g/mol. The van der Waals surface area contributed by atoms with E-state index in [1.165, 1.54) is 5.56 Å². The molecule has 2 heterocycles. The van der Waals surface area contributed by atoms with Crippen LogP contribution >= 0.6 is 24.0 Å². The molecule has 1 aromatic rings. The highest BCUT2D eigenvalue weighted by Gasteiger charge is 2.19. The molecule has 0 saturated carbocycles. The third-order valence-corrected chi connectivity index (χ3v) is 4.55. The molecular formula is C17H26Cl2N2O2. The van der Waals surface area contributed by atoms with Gasteiger partial charge in [-0.1, -0.05) is 11.6 Å². The zero-order chi connectivity index (χ0) is 15.4. The van der Waals surface area contributed by atoms with E-state index in [2.05, 4.69) is 17.1 Å². The molecule has 2 atom stereocenters. The van der Waals surface area contributed by atoms with Gasteiger partial charge in [0.25, 0.3) is 0 Å². The number of hydrogen-bond acceptors (Lipinski definition) is 4. The maximum absolute atomic E-state index is 6.18. The van der Waals surface area contributed by atoms with Crippen molar-refractivity contribution < 1.29 is 9.47 Å². The van der Waals surface area contributed by atoms with Gasteiger partial charge in [-0.2, -0.15) is 0 Å². The Morgan fingerprint density at radius 3 is 3.04 bits per heavy atom. The maximum Gasteiger partial charge on any atom is 0.124 e. The molecule has 1 aromatic carbocycles. The van der Waals surface area contributed by atoms with E-state index in [-0.39, 0.29) is 18.5 Å². The molecule has 130 valence electrons. The SMILES string of the molecule is C[C@H]1CN(Cc2cc(Cl)ccc2OCC2CCCO2)CCN1.Cl. The van der Waals surface area contributed by atoms with Crippen LogP contribution in [0.3, 0.4) is 0 Å². The summed E-state index contributed by atoms with van der Waals surface area (Å²) >= 11 is 6.18. The summed E-state index contributed by atoms with van der Waals surface area (Å²) in [6, 6.07) is 6.44. The van der Waals surface area contributed by atoms with E-state index in [4.69, 9.17) is 21.1 Å². The van der Waals surface area contributed by atoms with Gasteiger partial charge >= 0.3 is 0 Å². The molecule has 2 saturated heterocycles. The number of piperazine rings is 1. The first-order valence-electron chi connectivity index (χ1n) is 8.19. The van der Waals surface area contributed by atoms with E-state index >= 15 is 0 Å². The lowest BCUT2D eigenvalue weighted by Crippen LogP contribution is -2.48. The van der Waals surface area contributed by atoms with Crippen molar-refractivity contribution in [1.82, 2.24) is 10.2 Å². The molecule has 0 amide bonds. The molecule has 1 unspecified atom stereocenters. The van der Waals surface area contributed by atoms with Crippen molar-refractivity contribution in [1.29, 1.82) is 0 Å². The van der Waals surface area contributed by atoms with Crippen molar-refractivity contribution in [3.8, 4) is 5.75 Å². The summed E-state index contributed by atoms with van der Waals surface area (Å²) in [6.45, 7) is 7.74. The van der Waals surface area contributed by atoms with Crippen LogP contribution in [0.15, 0.2) is 18.2 Å². The second-order valence-electron chi connectivity index (χ2n) is 6.29. The first-order chi connectivity index (χ1) is 10.7. The molecule has 0 spiro atoms. The van der Waals surface area contributed by atoms with Crippen LogP contribution in [0.4, 0.5) is 0 Å². The molecule has 0 aliphatic carbocycles. The maximum atomic E-state index is 6.18. The van der Waals surface area contributed by atoms with Gasteiger partial charge in [0.1, 0.15) is 12.4 Å². The van der Waals surface area contributed by atoms with Crippen LogP contribution in [0.2, 0.25) is 5.02 Å². The van der Waals surface area contributed by atoms with Crippen molar-refractivity contribution in [2.45, 2.75) is 38.5 Å². The van der Waals surface area contributed by atoms with Gasteiger partial charge in [0, 0.05) is 49.4 Å². The van der Waals surface area contributed by atoms with E-state index in [0.29, 0.717) is 12.6 Å². The second kappa shape index (κ2) is 9.09. The zero-order valence-corrected chi connectivity index (χ0v) is 15.2. The summed E-state index contributed by atoms with van der Waals surface area (Å²) in [6.07, 6.45) is 2.47. The summed E-state index contributed by atoms with van der Waals surface area (Å²) in [5, 5.41) is 4.24. The predicted molar refractivity (Wildman–Crippen MR) is 95.9 cm³/mol. The van der Waals surface area contributed by atoms with Gasteiger partial charge < -0.3 is 14.8 Å². The summed E-state index contributed by atoms with van der Waals surface area (Å²) in [5.41, 5.74) is 1.17. The van der Waals surface area contributed by atoms with Crippen LogP contribution < -0.4 is 10.1 Å². The highest BCUT2D eigenvalue weighted by atomic mass is 35.5. The fraction of sp³-hybridized carbons (Fsp3) is 0.647. The van der Waals surface area contributed by atoms with E-state index in [1.807, 2.05) is 18.2 Å². The normalized spacial score (nSPS) is 25.1. The van der Waals surface area contributed by atoms with Crippen LogP contribution in [0, 0.1) is 0 Å². The van der Waals surface area contributed by atoms with Gasteiger partial charge in [0.15, 0.2) is 0 Å². The van der Waals surface area contributed by atoms with Crippen LogP contribution in [-0.2, 0) is 11.3 Å². The summed E-state index contributed by atoms with van der Waals surface area (Å²) in [5.74, 6) is 0.936. The third kappa shape index (κ3) is 5.50. The lowest BCUT2D eigenvalue weighted by atomic mass is 10.1. The fourth-order valence-electron chi connectivity index (χ4n) is 3.17. The average Bonchev–Trinajstić information content (AvgIpc) is 3.00. The number of rotatable bonds is 5. The van der Waals surface area contributed by atoms with Crippen LogP contribution in [0.5, 0.6) is 5.75 Å². The standard InChI is InChI=1S/C17H25ClN2O2.ClH/c1-13-10-20(7-6-19-13)11-14-9-15(18)4-5-17(14)22-12-16-3-2-8-21-16;/h4-5,9,13,16,19H,2-3,6-8,10-12H2,1H3;1H/t13-,16?;/m0./s1. The number of nitrogens with one attached hydrogen (secondary N) is 1. The Bertz CT molecular complexity index is 495. The molecule has 2 fully saturated rings. The lowest BCUT2D eigenvalue weighted by molar-refractivity contribution is 0.0672. The van der Waals surface area contributed by atoms with Gasteiger partial charge in [-0.3, -0.25) is 4.90 Å². The number of ether oxygens (including phenoxy) is 2. The Hall–Kier alpha value is -0.520. The van der Waals surface area contributed by atoms with Crippen LogP contribution in [-0.4, -0.2) is 49.9 Å². The lowest BCUT2D eigenvalue weighted by Gasteiger charge is -2.32. The van der Waals surface area contributed by atoms with E-state index in [9.17, 15) is 0 Å². The molecule has 23 heavy (non-hydrogen) atoms. The van der Waals surface area contributed by atoms with Crippen molar-refractivity contribution in [2.75, 3.05) is 32.8 Å². The second-order valence-corrected chi connectivity index (χ2v) is 6.72. The van der Waals surface area contributed by atoms with Crippen molar-refractivity contribution in [3.05, 3.63) is 28.8 Å². The van der Waals surface area contributed by atoms with Gasteiger partial charge in [0.2, 0.25) is 0 Å². The number of halogens is 2. The Kier molecular flexibility index (Phi) is 7.44. The minimum absolute atomic E-state index is 0. The number of hydrogen-bond donors (Lipinski definition) is 1. The predicted octanol–water partition coefficient (Wildman–Crippen LogP) is 3.11. The van der Waals surface area contributed by atoms with E-state index < -0.39 is 0 Å². The molecule has 6 heteroatoms. The largest absolute Gasteiger partial charge is 0.491 e. The molecule has 1 N–H and O–H groups in total. The van der Waals surface area contributed by atoms with E-state index in [1.54, 1.807) is 0 Å². The molecule has 2 aliphatic rings. The average molecular weight is 361 g/mol. The minimum atomic E-state index is 0. The first-order valence-corrected chi connectivity index (χ1v) is 8.57. The van der Waals surface area contributed by atoms with Gasteiger partial charge in [-0.25, -0.2) is 0 Å². The number of benzene rings is 1. The Balaban J connectivity index is 0.00000192. The van der Waals surface area contributed by atoms with Crippen molar-refractivity contribution in [3.63, 3.8) is 0 Å². The monoisotopic (exact) mass is 360 g/mol.